The van der Waals surface area contributed by atoms with Gasteiger partial charge in [0.05, 0.1) is 157 Å². The van der Waals surface area contributed by atoms with Gasteiger partial charge in [-0.2, -0.15) is 0 Å². The molecule has 3 rings (SSSR count). The average molecular weight is 1540 g/mol. The fourth-order valence-corrected chi connectivity index (χ4v) is 12.7. The van der Waals surface area contributed by atoms with Crippen LogP contribution in [0, 0.1) is 58.7 Å². The zero-order valence-electron chi connectivity index (χ0n) is 66.7. The van der Waals surface area contributed by atoms with E-state index in [0.717, 1.165) is 38.5 Å². The van der Waals surface area contributed by atoms with E-state index >= 15 is 0 Å². The minimum atomic E-state index is -1.07. The summed E-state index contributed by atoms with van der Waals surface area (Å²) in [7, 11) is 0. The number of rotatable bonds is 64. The summed E-state index contributed by atoms with van der Waals surface area (Å²) < 4.78 is 105. The molecule has 3 fully saturated rings. The van der Waals surface area contributed by atoms with Gasteiger partial charge in [0.15, 0.2) is 18.9 Å². The van der Waals surface area contributed by atoms with Crippen LogP contribution in [-0.2, 0) is 124 Å². The first-order chi connectivity index (χ1) is 51.3. The van der Waals surface area contributed by atoms with E-state index in [0.29, 0.717) is 116 Å². The van der Waals surface area contributed by atoms with Gasteiger partial charge in [-0.3, -0.25) is 38.4 Å². The third-order valence-electron chi connectivity index (χ3n) is 20.5. The molecular weight excluding hydrogens is 1400 g/mol. The van der Waals surface area contributed by atoms with Crippen molar-refractivity contribution in [2.45, 2.75) is 210 Å². The highest BCUT2D eigenvalue weighted by Gasteiger charge is 2.43. The Morgan fingerprint density at radius 2 is 0.589 bits per heavy atom. The molecular formula is C77H137N3O27. The van der Waals surface area contributed by atoms with Crippen LogP contribution in [0.25, 0.3) is 0 Å². The summed E-state index contributed by atoms with van der Waals surface area (Å²) in [5, 5.41) is 17.5. The van der Waals surface area contributed by atoms with E-state index in [9.17, 15) is 38.4 Å². The Balaban J connectivity index is 1.51. The van der Waals surface area contributed by atoms with E-state index in [1.165, 1.54) is 20.8 Å². The van der Waals surface area contributed by atoms with Gasteiger partial charge in [-0.1, -0.05) is 101 Å². The molecule has 0 aromatic rings. The second-order valence-corrected chi connectivity index (χ2v) is 29.0. The standard InChI is InChI=1S/C77H137N3O27/c1-54-57(4)67(48-102-63(10)81)105-74(60(54)7)99-44-41-93-38-35-90-32-26-78-70(85)23-29-96-51-77(47-66(84)21-19-17-15-13-14-16-18-20-22-73(88)89,52-97-30-24-71(86)79-27-33-91-36-39-94-42-45-100-75-61(8)55(2)58(5)68(106-75)49-103-64(11)82)53-98-31-25-72(87)80-28-34-92-37-40-95-43-46-101-76-62(9)56(3)59(6)69(107-76)50-104-65(12)83/h54-62,67-69,74-76H,13-53H2,1-12H3,(H,78,85)(H,79,86)(H,80,87)(H,88,89). The van der Waals surface area contributed by atoms with Gasteiger partial charge in [-0.25, -0.2) is 0 Å². The maximum atomic E-state index is 14.0. The predicted molar refractivity (Wildman–Crippen MR) is 392 cm³/mol. The Bertz CT molecular complexity index is 2220. The summed E-state index contributed by atoms with van der Waals surface area (Å²) in [5.74, 6) is -0.875. The number of carbonyl (C=O) groups excluding carboxylic acids is 7. The number of hydrogen-bond donors (Lipinski definition) is 4. The lowest BCUT2D eigenvalue weighted by molar-refractivity contribution is -0.258. The van der Waals surface area contributed by atoms with Crippen molar-refractivity contribution in [3.8, 4) is 0 Å². The molecule has 15 unspecified atom stereocenters. The number of carboxylic acid groups (broad SMARTS) is 1. The molecule has 3 saturated heterocycles. The molecule has 0 aromatic heterocycles. The molecule has 0 aromatic carbocycles. The minimum Gasteiger partial charge on any atom is -0.481 e. The van der Waals surface area contributed by atoms with E-state index in [1.807, 2.05) is 0 Å². The fourth-order valence-electron chi connectivity index (χ4n) is 12.7. The number of unbranched alkanes of at least 4 members (excludes halogenated alkanes) is 7. The molecule has 3 aliphatic heterocycles. The number of ketones is 1. The molecule has 0 radical (unpaired) electrons. The highest BCUT2D eigenvalue weighted by molar-refractivity contribution is 5.79. The highest BCUT2D eigenvalue weighted by Crippen LogP contribution is 2.38. The van der Waals surface area contributed by atoms with Gasteiger partial charge in [0.2, 0.25) is 17.7 Å². The number of carboxylic acids is 1. The van der Waals surface area contributed by atoms with E-state index in [2.05, 4.69) is 78.3 Å². The van der Waals surface area contributed by atoms with Gasteiger partial charge in [-0.05, 0) is 48.3 Å². The second-order valence-electron chi connectivity index (χ2n) is 29.0. The topological polar surface area (TPSA) is 359 Å². The van der Waals surface area contributed by atoms with Crippen LogP contribution in [0.4, 0.5) is 0 Å². The molecule has 0 saturated carbocycles. The Morgan fingerprint density at radius 3 is 0.879 bits per heavy atom. The first-order valence-corrected chi connectivity index (χ1v) is 39.3. The molecule has 15 atom stereocenters. The summed E-state index contributed by atoms with van der Waals surface area (Å²) in [5.41, 5.74) is -1.07. The molecule has 622 valence electrons. The summed E-state index contributed by atoms with van der Waals surface area (Å²) in [4.78, 5) is 98.3. The lowest BCUT2D eigenvalue weighted by atomic mass is 9.79. The maximum Gasteiger partial charge on any atom is 0.303 e. The largest absolute Gasteiger partial charge is 0.481 e. The zero-order valence-corrected chi connectivity index (χ0v) is 66.7. The molecule has 4 N–H and O–H groups in total. The van der Waals surface area contributed by atoms with E-state index in [-0.39, 0.29) is 226 Å². The Hall–Kier alpha value is -4.64. The lowest BCUT2D eigenvalue weighted by Crippen LogP contribution is -2.48. The Morgan fingerprint density at radius 1 is 0.318 bits per heavy atom. The Labute approximate surface area is 636 Å². The van der Waals surface area contributed by atoms with Crippen molar-refractivity contribution in [1.29, 1.82) is 0 Å². The van der Waals surface area contributed by atoms with Crippen molar-refractivity contribution in [3.05, 3.63) is 0 Å². The van der Waals surface area contributed by atoms with Crippen LogP contribution in [0.15, 0.2) is 0 Å². The average Bonchev–Trinajstić information content (AvgIpc) is 0.824. The minimum absolute atomic E-state index is 0.00196. The number of esters is 3. The van der Waals surface area contributed by atoms with Crippen molar-refractivity contribution in [2.75, 3.05) is 178 Å². The number of aliphatic carboxylic acids is 1. The van der Waals surface area contributed by atoms with Crippen LogP contribution in [0.3, 0.4) is 0 Å². The quantitative estimate of drug-likeness (QED) is 0.0265. The number of hydrogen-bond acceptors (Lipinski definition) is 26. The summed E-state index contributed by atoms with van der Waals surface area (Å²) in [6.07, 6.45) is 5.18. The number of nitrogens with one attached hydrogen (secondary N) is 3. The van der Waals surface area contributed by atoms with Gasteiger partial charge in [-0.15, -0.1) is 0 Å². The number of ether oxygens (including phenoxy) is 18. The molecule has 3 heterocycles. The normalized spacial score (nSPS) is 25.0. The Kier molecular flexibility index (Phi) is 52.6. The van der Waals surface area contributed by atoms with Crippen molar-refractivity contribution >= 4 is 47.4 Å². The van der Waals surface area contributed by atoms with Gasteiger partial charge in [0.1, 0.15) is 25.6 Å². The number of carbonyl (C=O) groups is 8. The zero-order chi connectivity index (χ0) is 78.6. The van der Waals surface area contributed by atoms with Gasteiger partial charge < -0.3 is 106 Å². The third kappa shape index (κ3) is 43.7. The van der Waals surface area contributed by atoms with Crippen LogP contribution >= 0.6 is 0 Å². The first kappa shape index (κ1) is 96.6. The van der Waals surface area contributed by atoms with Gasteiger partial charge in [0, 0.05) is 102 Å². The van der Waals surface area contributed by atoms with Crippen LogP contribution in [0.2, 0.25) is 0 Å². The van der Waals surface area contributed by atoms with Crippen LogP contribution in [-0.4, -0.2) is 268 Å². The smallest absolute Gasteiger partial charge is 0.303 e. The fraction of sp³-hybridized carbons (Fsp3) is 0.896. The predicted octanol–water partition coefficient (Wildman–Crippen LogP) is 7.22. The molecule has 30 heteroatoms. The number of amides is 3. The molecule has 3 amide bonds. The van der Waals surface area contributed by atoms with E-state index in [1.54, 1.807) is 0 Å². The monoisotopic (exact) mass is 1540 g/mol. The van der Waals surface area contributed by atoms with Gasteiger partial charge >= 0.3 is 23.9 Å². The van der Waals surface area contributed by atoms with Crippen LogP contribution < -0.4 is 16.0 Å². The van der Waals surface area contributed by atoms with Crippen LogP contribution in [0.1, 0.15) is 173 Å². The van der Waals surface area contributed by atoms with Crippen molar-refractivity contribution < 1.29 is 129 Å². The highest BCUT2D eigenvalue weighted by atomic mass is 16.7. The van der Waals surface area contributed by atoms with Crippen molar-refractivity contribution in [3.63, 3.8) is 0 Å². The molecule has 0 aliphatic carbocycles. The van der Waals surface area contributed by atoms with E-state index in [4.69, 9.17) is 90.4 Å². The lowest BCUT2D eigenvalue weighted by Gasteiger charge is -2.43. The summed E-state index contributed by atoms with van der Waals surface area (Å²) in [6, 6.07) is 0. The molecule has 0 bridgehead atoms. The second kappa shape index (κ2) is 58.3. The molecule has 30 nitrogen and oxygen atoms in total. The maximum absolute atomic E-state index is 14.0. The number of Topliss-reactive ketones (excluding diaryl/α,β-unsaturated/α-hetero) is 1. The first-order valence-electron chi connectivity index (χ1n) is 39.3. The van der Waals surface area contributed by atoms with Crippen LogP contribution in [0.5, 0.6) is 0 Å². The molecule has 3 aliphatic rings. The summed E-state index contributed by atoms with van der Waals surface area (Å²) in [6.45, 7) is 28.6. The van der Waals surface area contributed by atoms with Crippen molar-refractivity contribution in [2.24, 2.45) is 58.7 Å². The summed E-state index contributed by atoms with van der Waals surface area (Å²) >= 11 is 0. The van der Waals surface area contributed by atoms with Gasteiger partial charge in [0.25, 0.3) is 0 Å². The third-order valence-corrected chi connectivity index (χ3v) is 20.5. The SMILES string of the molecule is CC(=O)OCC1OC(OCCOCCOCCNC(=O)CCOCC(COCCC(=O)NCCOCCOCCOC2OC(COC(C)=O)C(C)C(C)C2C)(COCCC(=O)NCCOCCOCCOC2OC(COC(C)=O)C(C)C(C)C2C)CC(=O)CCCCCCCCCCC(=O)O)C(C)C(C)C1C. The molecule has 0 spiro atoms. The van der Waals surface area contributed by atoms with Crippen molar-refractivity contribution in [1.82, 2.24) is 16.0 Å². The van der Waals surface area contributed by atoms with E-state index < -0.39 is 30.3 Å². The molecule has 107 heavy (non-hydrogen) atoms.